The summed E-state index contributed by atoms with van der Waals surface area (Å²) < 4.78 is 0. The van der Waals surface area contributed by atoms with E-state index in [2.05, 4.69) is 10.3 Å². The predicted octanol–water partition coefficient (Wildman–Crippen LogP) is 1.21. The van der Waals surface area contributed by atoms with Crippen LogP contribution in [-0.4, -0.2) is 28.6 Å². The smallest absolute Gasteiger partial charge is 0.253 e. The van der Waals surface area contributed by atoms with Crippen molar-refractivity contribution in [2.45, 2.75) is 25.9 Å². The van der Waals surface area contributed by atoms with Crippen LogP contribution in [0.4, 0.5) is 5.69 Å². The van der Waals surface area contributed by atoms with E-state index in [1.807, 2.05) is 0 Å². The monoisotopic (exact) mass is 257 g/mol. The van der Waals surface area contributed by atoms with E-state index in [1.165, 1.54) is 12.3 Å². The first kappa shape index (κ1) is 13.7. The van der Waals surface area contributed by atoms with Gasteiger partial charge < -0.3 is 16.2 Å². The Morgan fingerprint density at radius 3 is 3.06 bits per heavy atom. The number of nitrogen functional groups attached to an aromatic ring is 1. The number of aliphatic hydroxyl groups is 1. The van der Waals surface area contributed by atoms with Crippen LogP contribution in [0.25, 0.3) is 0 Å². The Kier molecular flexibility index (Phi) is 5.18. The number of aromatic nitrogens is 1. The number of nitrogens with one attached hydrogen (secondary N) is 1. The van der Waals surface area contributed by atoms with Gasteiger partial charge in [-0.25, -0.2) is 4.98 Å². The molecule has 0 aliphatic rings. The molecule has 5 nitrogen and oxygen atoms in total. The number of pyridine rings is 1. The van der Waals surface area contributed by atoms with E-state index >= 15 is 0 Å². The SMILES string of the molecule is CC(O)CCCNC(=O)c1cc(Cl)ncc1N. The number of carbonyl (C=O) groups excluding carboxylic acids is 1. The molecule has 0 aromatic carbocycles. The second kappa shape index (κ2) is 6.42. The van der Waals surface area contributed by atoms with Gasteiger partial charge in [0.25, 0.3) is 5.91 Å². The average Bonchev–Trinajstić information content (AvgIpc) is 2.27. The largest absolute Gasteiger partial charge is 0.397 e. The van der Waals surface area contributed by atoms with Gasteiger partial charge in [0.15, 0.2) is 0 Å². The van der Waals surface area contributed by atoms with Crippen molar-refractivity contribution in [3.8, 4) is 0 Å². The lowest BCUT2D eigenvalue weighted by Crippen LogP contribution is -2.26. The minimum atomic E-state index is -0.354. The van der Waals surface area contributed by atoms with Crippen molar-refractivity contribution in [1.82, 2.24) is 10.3 Å². The molecule has 4 N–H and O–H groups in total. The fraction of sp³-hybridized carbons (Fsp3) is 0.455. The average molecular weight is 258 g/mol. The Labute approximate surface area is 105 Å². The van der Waals surface area contributed by atoms with Crippen molar-refractivity contribution in [2.24, 2.45) is 0 Å². The van der Waals surface area contributed by atoms with E-state index in [4.69, 9.17) is 22.4 Å². The maximum Gasteiger partial charge on any atom is 0.253 e. The van der Waals surface area contributed by atoms with Crippen LogP contribution in [0, 0.1) is 0 Å². The number of hydrogen-bond acceptors (Lipinski definition) is 4. The van der Waals surface area contributed by atoms with Gasteiger partial charge in [0.05, 0.1) is 23.6 Å². The van der Waals surface area contributed by atoms with Gasteiger partial charge in [0.2, 0.25) is 0 Å². The molecule has 1 unspecified atom stereocenters. The highest BCUT2D eigenvalue weighted by atomic mass is 35.5. The topological polar surface area (TPSA) is 88.2 Å². The Morgan fingerprint density at radius 2 is 2.41 bits per heavy atom. The van der Waals surface area contributed by atoms with Gasteiger partial charge in [-0.1, -0.05) is 11.6 Å². The molecule has 0 saturated heterocycles. The van der Waals surface area contributed by atoms with Crippen molar-refractivity contribution < 1.29 is 9.90 Å². The summed E-state index contributed by atoms with van der Waals surface area (Å²) >= 11 is 5.68. The van der Waals surface area contributed by atoms with Crippen LogP contribution in [0.5, 0.6) is 0 Å². The molecule has 0 bridgehead atoms. The number of hydrogen-bond donors (Lipinski definition) is 3. The maximum absolute atomic E-state index is 11.7. The minimum absolute atomic E-state index is 0.230. The molecular formula is C11H16ClN3O2. The molecule has 94 valence electrons. The molecule has 0 saturated carbocycles. The minimum Gasteiger partial charge on any atom is -0.397 e. The third-order valence-electron chi connectivity index (χ3n) is 2.23. The second-order valence-electron chi connectivity index (χ2n) is 3.84. The highest BCUT2D eigenvalue weighted by Crippen LogP contribution is 2.14. The first-order valence-electron chi connectivity index (χ1n) is 5.38. The molecule has 1 amide bonds. The van der Waals surface area contributed by atoms with Crippen LogP contribution in [0.1, 0.15) is 30.1 Å². The number of nitrogens with zero attached hydrogens (tertiary/aromatic N) is 1. The zero-order valence-corrected chi connectivity index (χ0v) is 10.4. The van der Waals surface area contributed by atoms with Gasteiger partial charge in [0.1, 0.15) is 5.15 Å². The van der Waals surface area contributed by atoms with E-state index in [-0.39, 0.29) is 17.2 Å². The van der Waals surface area contributed by atoms with Gasteiger partial charge in [0, 0.05) is 6.54 Å². The summed E-state index contributed by atoms with van der Waals surface area (Å²) in [5, 5.41) is 12.0. The maximum atomic E-state index is 11.7. The Hall–Kier alpha value is -1.33. The molecule has 17 heavy (non-hydrogen) atoms. The van der Waals surface area contributed by atoms with Gasteiger partial charge >= 0.3 is 0 Å². The molecule has 0 radical (unpaired) electrons. The van der Waals surface area contributed by atoms with E-state index in [0.29, 0.717) is 30.6 Å². The van der Waals surface area contributed by atoms with Gasteiger partial charge in [-0.15, -0.1) is 0 Å². The summed E-state index contributed by atoms with van der Waals surface area (Å²) in [5.41, 5.74) is 6.24. The lowest BCUT2D eigenvalue weighted by Gasteiger charge is -2.08. The number of rotatable bonds is 5. The van der Waals surface area contributed by atoms with E-state index in [9.17, 15) is 4.79 Å². The van der Waals surface area contributed by atoms with Crippen molar-refractivity contribution in [2.75, 3.05) is 12.3 Å². The lowest BCUT2D eigenvalue weighted by molar-refractivity contribution is 0.0950. The van der Waals surface area contributed by atoms with Gasteiger partial charge in [-0.3, -0.25) is 4.79 Å². The Morgan fingerprint density at radius 1 is 1.71 bits per heavy atom. The normalized spacial score (nSPS) is 12.2. The predicted molar refractivity (Wildman–Crippen MR) is 66.9 cm³/mol. The van der Waals surface area contributed by atoms with E-state index in [1.54, 1.807) is 6.92 Å². The fourth-order valence-electron chi connectivity index (χ4n) is 1.33. The number of nitrogens with two attached hydrogens (primary N) is 1. The van der Waals surface area contributed by atoms with Crippen molar-refractivity contribution in [3.05, 3.63) is 23.0 Å². The highest BCUT2D eigenvalue weighted by Gasteiger charge is 2.10. The summed E-state index contributed by atoms with van der Waals surface area (Å²) in [6, 6.07) is 1.43. The third-order valence-corrected chi connectivity index (χ3v) is 2.44. The van der Waals surface area contributed by atoms with Crippen molar-refractivity contribution >= 4 is 23.2 Å². The van der Waals surface area contributed by atoms with Crippen LogP contribution in [0.2, 0.25) is 5.15 Å². The Balaban J connectivity index is 2.49. The molecule has 0 aliphatic carbocycles. The zero-order valence-electron chi connectivity index (χ0n) is 9.61. The summed E-state index contributed by atoms with van der Waals surface area (Å²) in [4.78, 5) is 15.5. The number of halogens is 1. The molecule has 6 heteroatoms. The number of carbonyl (C=O) groups is 1. The summed E-state index contributed by atoms with van der Waals surface area (Å²) in [7, 11) is 0. The van der Waals surface area contributed by atoms with Crippen LogP contribution >= 0.6 is 11.6 Å². The molecular weight excluding hydrogens is 242 g/mol. The zero-order chi connectivity index (χ0) is 12.8. The molecule has 0 fully saturated rings. The highest BCUT2D eigenvalue weighted by molar-refractivity contribution is 6.29. The summed E-state index contributed by atoms with van der Waals surface area (Å²) in [6.45, 7) is 2.20. The quantitative estimate of drug-likeness (QED) is 0.546. The molecule has 1 aromatic rings. The van der Waals surface area contributed by atoms with Gasteiger partial charge in [-0.2, -0.15) is 0 Å². The van der Waals surface area contributed by atoms with E-state index in [0.717, 1.165) is 0 Å². The Bertz CT molecular complexity index is 396. The molecule has 1 aromatic heterocycles. The summed E-state index contributed by atoms with van der Waals surface area (Å²) in [6.07, 6.45) is 2.36. The van der Waals surface area contributed by atoms with Crippen LogP contribution in [-0.2, 0) is 0 Å². The second-order valence-corrected chi connectivity index (χ2v) is 4.23. The molecule has 1 heterocycles. The first-order valence-corrected chi connectivity index (χ1v) is 5.75. The van der Waals surface area contributed by atoms with Gasteiger partial charge in [-0.05, 0) is 25.8 Å². The van der Waals surface area contributed by atoms with Crippen LogP contribution < -0.4 is 11.1 Å². The number of anilines is 1. The van der Waals surface area contributed by atoms with Crippen molar-refractivity contribution in [3.63, 3.8) is 0 Å². The number of amides is 1. The van der Waals surface area contributed by atoms with Crippen molar-refractivity contribution in [1.29, 1.82) is 0 Å². The standard InChI is InChI=1S/C11H16ClN3O2/c1-7(16)3-2-4-14-11(17)8-5-10(12)15-6-9(8)13/h5-7,16H,2-4,13H2,1H3,(H,14,17). The van der Waals surface area contributed by atoms with E-state index < -0.39 is 0 Å². The summed E-state index contributed by atoms with van der Waals surface area (Å²) in [5.74, 6) is -0.280. The molecule has 1 atom stereocenters. The molecule has 1 rings (SSSR count). The molecule has 0 aliphatic heterocycles. The lowest BCUT2D eigenvalue weighted by atomic mass is 10.2. The first-order chi connectivity index (χ1) is 8.00. The van der Waals surface area contributed by atoms with Crippen LogP contribution in [0.3, 0.4) is 0 Å². The molecule has 0 spiro atoms. The third kappa shape index (κ3) is 4.58. The fourth-order valence-corrected chi connectivity index (χ4v) is 1.49. The van der Waals surface area contributed by atoms with Crippen LogP contribution in [0.15, 0.2) is 12.3 Å². The number of aliphatic hydroxyl groups excluding tert-OH is 1.